The number of anilines is 1. The van der Waals surface area contributed by atoms with Crippen molar-refractivity contribution >= 4 is 43.9 Å². The van der Waals surface area contributed by atoms with E-state index in [1.54, 1.807) is 11.0 Å². The fourth-order valence-corrected chi connectivity index (χ4v) is 4.45. The molecule has 8 heteroatoms. The van der Waals surface area contributed by atoms with Crippen molar-refractivity contribution in [2.45, 2.75) is 13.8 Å². The molecule has 1 amide bonds. The van der Waals surface area contributed by atoms with Gasteiger partial charge in [-0.1, -0.05) is 17.4 Å². The van der Waals surface area contributed by atoms with Crippen molar-refractivity contribution in [3.05, 3.63) is 46.2 Å². The fourth-order valence-electron chi connectivity index (χ4n) is 2.75. The molecule has 0 fully saturated rings. The van der Waals surface area contributed by atoms with E-state index >= 15 is 0 Å². The molecule has 0 aliphatic carbocycles. The van der Waals surface area contributed by atoms with Gasteiger partial charge in [-0.2, -0.15) is 0 Å². The van der Waals surface area contributed by atoms with Crippen LogP contribution < -0.4 is 9.80 Å². The summed E-state index contributed by atoms with van der Waals surface area (Å²) < 4.78 is 27.9. The first-order chi connectivity index (χ1) is 12.5. The average molecular weight is 397 g/mol. The molecule has 2 aromatic heterocycles. The summed E-state index contributed by atoms with van der Waals surface area (Å²) in [5.74, 6) is -1.51. The Morgan fingerprint density at radius 1 is 1.27 bits per heavy atom. The molecule has 0 aliphatic rings. The number of quaternary nitrogens is 1. The van der Waals surface area contributed by atoms with Crippen LogP contribution >= 0.6 is 22.7 Å². The van der Waals surface area contributed by atoms with Gasteiger partial charge in [-0.25, -0.2) is 13.8 Å². The van der Waals surface area contributed by atoms with Gasteiger partial charge >= 0.3 is 0 Å². The average Bonchev–Trinajstić information content (AvgIpc) is 3.28. The van der Waals surface area contributed by atoms with E-state index in [1.165, 1.54) is 22.3 Å². The van der Waals surface area contributed by atoms with Crippen molar-refractivity contribution in [1.29, 1.82) is 0 Å². The van der Waals surface area contributed by atoms with Gasteiger partial charge in [0.05, 0.1) is 35.8 Å². The Hall–Kier alpha value is -1.90. The van der Waals surface area contributed by atoms with Gasteiger partial charge in [-0.15, -0.1) is 11.3 Å². The minimum absolute atomic E-state index is 0.102. The third kappa shape index (κ3) is 3.92. The van der Waals surface area contributed by atoms with Crippen LogP contribution in [0.25, 0.3) is 10.2 Å². The zero-order valence-electron chi connectivity index (χ0n) is 14.6. The van der Waals surface area contributed by atoms with Crippen LogP contribution in [0.3, 0.4) is 0 Å². The minimum atomic E-state index is -0.708. The standard InChI is InChI=1S/C18H19F2N3OS2/c1-3-22(4-2)7-8-23(17(24)14-6-5-9-25-14)18-21-16-13(20)10-12(19)11-15(16)26-18/h5-6,9-11H,3-4,7-8H2,1-2H3/p+1. The van der Waals surface area contributed by atoms with Crippen LogP contribution in [-0.4, -0.2) is 37.1 Å². The van der Waals surface area contributed by atoms with Crippen molar-refractivity contribution in [2.75, 3.05) is 31.1 Å². The first kappa shape index (κ1) is 18.9. The van der Waals surface area contributed by atoms with E-state index < -0.39 is 11.6 Å². The summed E-state index contributed by atoms with van der Waals surface area (Å²) in [6.07, 6.45) is 0. The van der Waals surface area contributed by atoms with Gasteiger partial charge in [0.2, 0.25) is 0 Å². The number of hydrogen-bond acceptors (Lipinski definition) is 4. The topological polar surface area (TPSA) is 37.6 Å². The fraction of sp³-hybridized carbons (Fsp3) is 0.333. The summed E-state index contributed by atoms with van der Waals surface area (Å²) >= 11 is 2.49. The van der Waals surface area contributed by atoms with Gasteiger partial charge < -0.3 is 4.90 Å². The largest absolute Gasteiger partial charge is 0.334 e. The SMILES string of the molecule is CC[NH+](CC)CCN(C(=O)c1cccs1)c1nc2c(F)cc(F)cc2s1. The van der Waals surface area contributed by atoms with Crippen LogP contribution in [0.4, 0.5) is 13.9 Å². The lowest BCUT2D eigenvalue weighted by molar-refractivity contribution is -0.894. The maximum absolute atomic E-state index is 14.0. The summed E-state index contributed by atoms with van der Waals surface area (Å²) in [5.41, 5.74) is 0.102. The maximum atomic E-state index is 14.0. The molecule has 0 spiro atoms. The van der Waals surface area contributed by atoms with E-state index in [-0.39, 0.29) is 11.4 Å². The quantitative estimate of drug-likeness (QED) is 0.666. The number of amides is 1. The predicted molar refractivity (Wildman–Crippen MR) is 102 cm³/mol. The minimum Gasteiger partial charge on any atom is -0.334 e. The smallest absolute Gasteiger partial charge is 0.270 e. The van der Waals surface area contributed by atoms with Crippen LogP contribution in [-0.2, 0) is 0 Å². The highest BCUT2D eigenvalue weighted by atomic mass is 32.1. The zero-order chi connectivity index (χ0) is 18.7. The normalized spacial score (nSPS) is 11.4. The molecule has 1 N–H and O–H groups in total. The number of thiophene rings is 1. The van der Waals surface area contributed by atoms with Gasteiger partial charge in [0, 0.05) is 6.07 Å². The first-order valence-electron chi connectivity index (χ1n) is 8.48. The van der Waals surface area contributed by atoms with Gasteiger partial charge in [0.15, 0.2) is 10.9 Å². The number of likely N-dealkylation sites (N-methyl/N-ethyl adjacent to an activating group) is 1. The molecule has 0 bridgehead atoms. The van der Waals surface area contributed by atoms with Crippen LogP contribution in [0, 0.1) is 11.6 Å². The third-order valence-corrected chi connectivity index (χ3v) is 6.18. The summed E-state index contributed by atoms with van der Waals surface area (Å²) in [5, 5.41) is 2.24. The van der Waals surface area contributed by atoms with Crippen molar-refractivity contribution in [2.24, 2.45) is 0 Å². The van der Waals surface area contributed by atoms with Crippen LogP contribution in [0.5, 0.6) is 0 Å². The second kappa shape index (κ2) is 8.20. The van der Waals surface area contributed by atoms with Crippen molar-refractivity contribution in [3.8, 4) is 0 Å². The number of thiazole rings is 1. The second-order valence-corrected chi connectivity index (χ2v) is 7.83. The van der Waals surface area contributed by atoms with Crippen molar-refractivity contribution in [1.82, 2.24) is 4.98 Å². The lowest BCUT2D eigenvalue weighted by atomic mass is 10.3. The van der Waals surface area contributed by atoms with Gasteiger partial charge in [-0.05, 0) is 31.4 Å². The number of nitrogens with one attached hydrogen (secondary N) is 1. The van der Waals surface area contributed by atoms with Crippen molar-refractivity contribution in [3.63, 3.8) is 0 Å². The number of fused-ring (bicyclic) bond motifs is 1. The Kier molecular flexibility index (Phi) is 5.95. The molecule has 138 valence electrons. The van der Waals surface area contributed by atoms with Gasteiger partial charge in [0.1, 0.15) is 11.3 Å². The first-order valence-corrected chi connectivity index (χ1v) is 10.2. The highest BCUT2D eigenvalue weighted by Crippen LogP contribution is 2.32. The third-order valence-electron chi connectivity index (χ3n) is 4.30. The van der Waals surface area contributed by atoms with E-state index in [9.17, 15) is 13.6 Å². The summed E-state index contributed by atoms with van der Waals surface area (Å²) in [7, 11) is 0. The maximum Gasteiger partial charge on any atom is 0.270 e. The number of halogens is 2. The molecule has 0 unspecified atom stereocenters. The predicted octanol–water partition coefficient (Wildman–Crippen LogP) is 3.21. The summed E-state index contributed by atoms with van der Waals surface area (Å²) in [4.78, 5) is 20.8. The Morgan fingerprint density at radius 3 is 2.69 bits per heavy atom. The molecular weight excluding hydrogens is 376 g/mol. The molecule has 3 rings (SSSR count). The van der Waals surface area contributed by atoms with Gasteiger partial charge in [-0.3, -0.25) is 9.69 Å². The molecule has 26 heavy (non-hydrogen) atoms. The van der Waals surface area contributed by atoms with Crippen molar-refractivity contribution < 1.29 is 18.5 Å². The Labute approximate surface area is 158 Å². The molecule has 0 aliphatic heterocycles. The van der Waals surface area contributed by atoms with E-state index in [4.69, 9.17) is 0 Å². The van der Waals surface area contributed by atoms with Gasteiger partial charge in [0.25, 0.3) is 5.91 Å². The molecule has 0 atom stereocenters. The summed E-state index contributed by atoms with van der Waals surface area (Å²) in [6, 6.07) is 5.65. The molecule has 4 nitrogen and oxygen atoms in total. The number of carbonyl (C=O) groups is 1. The highest BCUT2D eigenvalue weighted by Gasteiger charge is 2.24. The second-order valence-electron chi connectivity index (χ2n) is 5.87. The Bertz CT molecular complexity index is 891. The molecule has 0 saturated carbocycles. The Morgan fingerprint density at radius 2 is 2.04 bits per heavy atom. The molecule has 3 aromatic rings. The lowest BCUT2D eigenvalue weighted by Gasteiger charge is -2.22. The molecule has 2 heterocycles. The van der Waals surface area contributed by atoms with Crippen LogP contribution in [0.1, 0.15) is 23.5 Å². The van der Waals surface area contributed by atoms with E-state index in [0.29, 0.717) is 21.3 Å². The number of nitrogens with zero attached hydrogens (tertiary/aromatic N) is 2. The molecule has 0 saturated heterocycles. The number of rotatable bonds is 7. The molecule has 1 aromatic carbocycles. The monoisotopic (exact) mass is 396 g/mol. The van der Waals surface area contributed by atoms with Crippen LogP contribution in [0.15, 0.2) is 29.6 Å². The van der Waals surface area contributed by atoms with E-state index in [0.717, 1.165) is 37.0 Å². The molecular formula is C18H20F2N3OS2+. The number of benzene rings is 1. The summed E-state index contributed by atoms with van der Waals surface area (Å²) in [6.45, 7) is 7.34. The number of hydrogen-bond donors (Lipinski definition) is 1. The lowest BCUT2D eigenvalue weighted by Crippen LogP contribution is -3.12. The molecule has 0 radical (unpaired) electrons. The Balaban J connectivity index is 1.96. The van der Waals surface area contributed by atoms with E-state index in [2.05, 4.69) is 18.8 Å². The van der Waals surface area contributed by atoms with Crippen LogP contribution in [0.2, 0.25) is 0 Å². The number of aromatic nitrogens is 1. The highest BCUT2D eigenvalue weighted by molar-refractivity contribution is 7.22. The number of carbonyl (C=O) groups excluding carboxylic acids is 1. The zero-order valence-corrected chi connectivity index (χ0v) is 16.2. The van der Waals surface area contributed by atoms with E-state index in [1.807, 2.05) is 11.4 Å².